The minimum Gasteiger partial charge on any atom is -0.410 e. The zero-order valence-electron chi connectivity index (χ0n) is 8.15. The summed E-state index contributed by atoms with van der Waals surface area (Å²) in [5.74, 6) is 0.0212. The molecule has 0 aliphatic heterocycles. The molecule has 1 atom stereocenters. The van der Waals surface area contributed by atoms with Crippen LogP contribution in [0.1, 0.15) is 31.2 Å². The van der Waals surface area contributed by atoms with Crippen LogP contribution in [0.5, 0.6) is 0 Å². The molecule has 14 heavy (non-hydrogen) atoms. The monoisotopic (exact) mass is 211 g/mol. The number of rotatable bonds is 4. The third kappa shape index (κ3) is 2.74. The average Bonchev–Trinajstić information content (AvgIpc) is 2.26. The van der Waals surface area contributed by atoms with Crippen molar-refractivity contribution in [1.82, 2.24) is 0 Å². The molecule has 1 aromatic carbocycles. The van der Waals surface area contributed by atoms with Crippen LogP contribution in [0, 0.1) is 0 Å². The second-order valence-corrected chi connectivity index (χ2v) is 3.56. The fourth-order valence-corrected chi connectivity index (χ4v) is 1.70. The predicted octanol–water partition coefficient (Wildman–Crippen LogP) is 3.60. The molecule has 0 spiro atoms. The topological polar surface area (TPSA) is 32.6 Å². The Balaban J connectivity index is 2.89. The van der Waals surface area contributed by atoms with Gasteiger partial charge in [0.15, 0.2) is 5.17 Å². The van der Waals surface area contributed by atoms with E-state index in [0.717, 1.165) is 18.4 Å². The molecule has 0 radical (unpaired) electrons. The first-order valence-corrected chi connectivity index (χ1v) is 5.09. The summed E-state index contributed by atoms with van der Waals surface area (Å²) < 4.78 is 0. The van der Waals surface area contributed by atoms with Gasteiger partial charge < -0.3 is 5.21 Å². The van der Waals surface area contributed by atoms with Crippen molar-refractivity contribution >= 4 is 16.8 Å². The summed E-state index contributed by atoms with van der Waals surface area (Å²) in [5, 5.41) is 12.0. The van der Waals surface area contributed by atoms with Gasteiger partial charge >= 0.3 is 0 Å². The molecule has 0 saturated heterocycles. The van der Waals surface area contributed by atoms with Crippen LogP contribution in [0.2, 0.25) is 0 Å². The van der Waals surface area contributed by atoms with Crippen molar-refractivity contribution in [3.05, 3.63) is 35.9 Å². The first-order chi connectivity index (χ1) is 6.79. The van der Waals surface area contributed by atoms with Crippen LogP contribution < -0.4 is 0 Å². The third-order valence-corrected chi connectivity index (χ3v) is 2.50. The molecule has 1 aromatic rings. The van der Waals surface area contributed by atoms with Gasteiger partial charge in [-0.05, 0) is 12.0 Å². The number of hydrogen-bond donors (Lipinski definition) is 1. The smallest absolute Gasteiger partial charge is 0.152 e. The predicted molar refractivity (Wildman–Crippen MR) is 59.2 cm³/mol. The van der Waals surface area contributed by atoms with Crippen LogP contribution in [-0.4, -0.2) is 10.4 Å². The van der Waals surface area contributed by atoms with Crippen LogP contribution >= 0.6 is 11.6 Å². The lowest BCUT2D eigenvalue weighted by Crippen LogP contribution is -2.06. The molecule has 76 valence electrons. The molecule has 2 nitrogen and oxygen atoms in total. The van der Waals surface area contributed by atoms with E-state index in [0.29, 0.717) is 0 Å². The van der Waals surface area contributed by atoms with Gasteiger partial charge in [-0.15, -0.1) is 0 Å². The van der Waals surface area contributed by atoms with E-state index in [1.54, 1.807) is 0 Å². The molecule has 0 fully saturated rings. The van der Waals surface area contributed by atoms with Crippen molar-refractivity contribution in [3.63, 3.8) is 0 Å². The average molecular weight is 212 g/mol. The quantitative estimate of drug-likeness (QED) is 0.461. The molecule has 1 N–H and O–H groups in total. The van der Waals surface area contributed by atoms with Gasteiger partial charge in [0, 0.05) is 5.92 Å². The van der Waals surface area contributed by atoms with Crippen molar-refractivity contribution in [3.8, 4) is 0 Å². The Morgan fingerprint density at radius 1 is 1.43 bits per heavy atom. The minimum absolute atomic E-state index is 0.0212. The Hall–Kier alpha value is -1.02. The zero-order chi connectivity index (χ0) is 10.4. The molecule has 0 saturated carbocycles. The SMILES string of the molecule is CCCC(/C(Cl)=N/O)c1ccccc1. The Kier molecular flexibility index (Phi) is 4.47. The molecule has 3 heteroatoms. The highest BCUT2D eigenvalue weighted by Gasteiger charge is 2.15. The third-order valence-electron chi connectivity index (χ3n) is 2.16. The van der Waals surface area contributed by atoms with E-state index in [1.165, 1.54) is 0 Å². The lowest BCUT2D eigenvalue weighted by Gasteiger charge is -2.13. The summed E-state index contributed by atoms with van der Waals surface area (Å²) in [5.41, 5.74) is 1.09. The van der Waals surface area contributed by atoms with Gasteiger partial charge in [-0.1, -0.05) is 60.4 Å². The van der Waals surface area contributed by atoms with Crippen LogP contribution in [0.15, 0.2) is 35.5 Å². The molecule has 0 amide bonds. The van der Waals surface area contributed by atoms with E-state index in [2.05, 4.69) is 12.1 Å². The van der Waals surface area contributed by atoms with Gasteiger partial charge in [-0.25, -0.2) is 0 Å². The Bertz CT molecular complexity index is 297. The summed E-state index contributed by atoms with van der Waals surface area (Å²) in [7, 11) is 0. The Morgan fingerprint density at radius 2 is 2.07 bits per heavy atom. The second kappa shape index (κ2) is 5.66. The molecule has 1 rings (SSSR count). The number of nitrogens with zero attached hydrogens (tertiary/aromatic N) is 1. The maximum absolute atomic E-state index is 8.65. The zero-order valence-corrected chi connectivity index (χ0v) is 8.91. The minimum atomic E-state index is 0.0212. The lowest BCUT2D eigenvalue weighted by molar-refractivity contribution is 0.318. The standard InChI is InChI=1S/C11H14ClNO/c1-2-6-10(11(12)13-14)9-7-4-3-5-8-9/h3-5,7-8,10,14H,2,6H2,1H3/b13-11-. The molecule has 0 aliphatic carbocycles. The van der Waals surface area contributed by atoms with E-state index >= 15 is 0 Å². The van der Waals surface area contributed by atoms with E-state index in [-0.39, 0.29) is 11.1 Å². The van der Waals surface area contributed by atoms with Crippen LogP contribution in [0.3, 0.4) is 0 Å². The molecule has 1 unspecified atom stereocenters. The van der Waals surface area contributed by atoms with Gasteiger partial charge in [0.2, 0.25) is 0 Å². The molecular weight excluding hydrogens is 198 g/mol. The van der Waals surface area contributed by atoms with Gasteiger partial charge in [-0.2, -0.15) is 0 Å². The van der Waals surface area contributed by atoms with E-state index < -0.39 is 0 Å². The van der Waals surface area contributed by atoms with Crippen molar-refractivity contribution in [2.45, 2.75) is 25.7 Å². The molecular formula is C11H14ClNO. The van der Waals surface area contributed by atoms with Crippen molar-refractivity contribution in [2.75, 3.05) is 0 Å². The number of hydrogen-bond acceptors (Lipinski definition) is 2. The number of benzene rings is 1. The maximum atomic E-state index is 8.65. The summed E-state index contributed by atoms with van der Waals surface area (Å²) >= 11 is 5.84. The van der Waals surface area contributed by atoms with Gasteiger partial charge in [0.05, 0.1) is 0 Å². The highest BCUT2D eigenvalue weighted by atomic mass is 35.5. The maximum Gasteiger partial charge on any atom is 0.152 e. The summed E-state index contributed by atoms with van der Waals surface area (Å²) in [6.45, 7) is 2.08. The van der Waals surface area contributed by atoms with E-state index in [4.69, 9.17) is 16.8 Å². The molecule has 0 bridgehead atoms. The van der Waals surface area contributed by atoms with Gasteiger partial charge in [-0.3, -0.25) is 0 Å². The highest BCUT2D eigenvalue weighted by Crippen LogP contribution is 2.24. The van der Waals surface area contributed by atoms with Gasteiger partial charge in [0.25, 0.3) is 0 Å². The van der Waals surface area contributed by atoms with Crippen molar-refractivity contribution in [2.24, 2.45) is 5.16 Å². The first kappa shape index (κ1) is 11.1. The highest BCUT2D eigenvalue weighted by molar-refractivity contribution is 6.66. The first-order valence-electron chi connectivity index (χ1n) is 4.72. The number of halogens is 1. The largest absolute Gasteiger partial charge is 0.410 e. The summed E-state index contributed by atoms with van der Waals surface area (Å²) in [6.07, 6.45) is 1.90. The van der Waals surface area contributed by atoms with Crippen molar-refractivity contribution in [1.29, 1.82) is 0 Å². The van der Waals surface area contributed by atoms with Gasteiger partial charge in [0.1, 0.15) is 0 Å². The lowest BCUT2D eigenvalue weighted by atomic mass is 9.96. The van der Waals surface area contributed by atoms with Crippen LogP contribution in [0.25, 0.3) is 0 Å². The second-order valence-electron chi connectivity index (χ2n) is 3.17. The molecule has 0 heterocycles. The van der Waals surface area contributed by atoms with Crippen LogP contribution in [-0.2, 0) is 0 Å². The fraction of sp³-hybridized carbons (Fsp3) is 0.364. The molecule has 0 aromatic heterocycles. The summed E-state index contributed by atoms with van der Waals surface area (Å²) in [6, 6.07) is 9.86. The van der Waals surface area contributed by atoms with Crippen molar-refractivity contribution < 1.29 is 5.21 Å². The van der Waals surface area contributed by atoms with E-state index in [9.17, 15) is 0 Å². The van der Waals surface area contributed by atoms with E-state index in [1.807, 2.05) is 30.3 Å². The Labute approximate surface area is 89.2 Å². The Morgan fingerprint density at radius 3 is 2.57 bits per heavy atom. The number of oxime groups is 1. The van der Waals surface area contributed by atoms with Crippen LogP contribution in [0.4, 0.5) is 0 Å². The normalized spacial score (nSPS) is 14.0. The summed E-state index contributed by atoms with van der Waals surface area (Å²) in [4.78, 5) is 0. The fourth-order valence-electron chi connectivity index (χ4n) is 1.47. The molecule has 0 aliphatic rings.